The predicted molar refractivity (Wildman–Crippen MR) is 98.5 cm³/mol. The molecule has 5 rings (SSSR count). The van der Waals surface area contributed by atoms with E-state index in [4.69, 9.17) is 18.6 Å². The Morgan fingerprint density at radius 2 is 2.07 bits per heavy atom. The van der Waals surface area contributed by atoms with Crippen molar-refractivity contribution < 1.29 is 23.4 Å². The van der Waals surface area contributed by atoms with Crippen molar-refractivity contribution in [3.8, 4) is 17.2 Å². The van der Waals surface area contributed by atoms with E-state index in [0.29, 0.717) is 34.9 Å². The van der Waals surface area contributed by atoms with Crippen LogP contribution in [0.5, 0.6) is 17.2 Å². The van der Waals surface area contributed by atoms with Crippen LogP contribution >= 0.6 is 0 Å². The lowest BCUT2D eigenvalue weighted by Gasteiger charge is -2.25. The van der Waals surface area contributed by atoms with E-state index in [1.165, 1.54) is 12.7 Å². The lowest BCUT2D eigenvalue weighted by molar-refractivity contribution is 0.0737. The molecule has 0 saturated carbocycles. The number of fused-ring (bicyclic) bond motifs is 2. The molecule has 1 amide bonds. The average Bonchev–Trinajstić information content (AvgIpc) is 3.44. The molecule has 0 spiro atoms. The fourth-order valence-corrected chi connectivity index (χ4v) is 4.14. The molecule has 0 aliphatic carbocycles. The van der Waals surface area contributed by atoms with Crippen molar-refractivity contribution in [2.75, 3.05) is 33.0 Å². The minimum absolute atomic E-state index is 0.0631. The molecule has 0 unspecified atom stereocenters. The number of rotatable bonds is 4. The number of ether oxygens (including phenoxy) is 3. The van der Waals surface area contributed by atoms with Crippen molar-refractivity contribution in [3.05, 3.63) is 36.0 Å². The number of aromatic nitrogens is 1. The van der Waals surface area contributed by atoms with Crippen LogP contribution in [0.25, 0.3) is 0 Å². The molecule has 0 radical (unpaired) electrons. The van der Waals surface area contributed by atoms with Gasteiger partial charge in [-0.15, -0.1) is 0 Å². The van der Waals surface area contributed by atoms with E-state index in [1.54, 1.807) is 18.2 Å². The second-order valence-corrected chi connectivity index (χ2v) is 7.37. The molecular weight excluding hydrogens is 362 g/mol. The standard InChI is InChI=1S/C20H23N3O5/c24-20(23-8-2-7-22-6-1-3-14(22)10-23)16-11-26-19(21-16)12-25-15-4-5-17-18(9-15)28-13-27-17/h4-5,9,11,14H,1-3,6-8,10,12-13H2/t14-/m0/s1. The Hall–Kier alpha value is -2.74. The number of hydrogen-bond donors (Lipinski definition) is 0. The molecule has 1 aromatic heterocycles. The van der Waals surface area contributed by atoms with Crippen molar-refractivity contribution in [3.63, 3.8) is 0 Å². The average molecular weight is 385 g/mol. The van der Waals surface area contributed by atoms with Gasteiger partial charge in [0.25, 0.3) is 5.91 Å². The van der Waals surface area contributed by atoms with E-state index in [0.717, 1.165) is 39.0 Å². The van der Waals surface area contributed by atoms with Gasteiger partial charge in [-0.1, -0.05) is 0 Å². The van der Waals surface area contributed by atoms with E-state index in [1.807, 2.05) is 4.90 Å². The maximum Gasteiger partial charge on any atom is 0.275 e. The number of nitrogens with zero attached hydrogens (tertiary/aromatic N) is 3. The third kappa shape index (κ3) is 3.40. The topological polar surface area (TPSA) is 77.3 Å². The second-order valence-electron chi connectivity index (χ2n) is 7.37. The van der Waals surface area contributed by atoms with Crippen LogP contribution in [0.4, 0.5) is 0 Å². The zero-order valence-electron chi connectivity index (χ0n) is 15.6. The maximum atomic E-state index is 12.9. The fourth-order valence-electron chi connectivity index (χ4n) is 4.14. The quantitative estimate of drug-likeness (QED) is 0.799. The second kappa shape index (κ2) is 7.35. The monoisotopic (exact) mass is 385 g/mol. The first-order valence-electron chi connectivity index (χ1n) is 9.76. The number of amides is 1. The molecule has 0 N–H and O–H groups in total. The van der Waals surface area contributed by atoms with Gasteiger partial charge in [0.15, 0.2) is 23.8 Å². The zero-order chi connectivity index (χ0) is 18.9. The van der Waals surface area contributed by atoms with Crippen molar-refractivity contribution in [2.24, 2.45) is 0 Å². The van der Waals surface area contributed by atoms with Gasteiger partial charge >= 0.3 is 0 Å². The van der Waals surface area contributed by atoms with Gasteiger partial charge in [-0.25, -0.2) is 4.98 Å². The highest BCUT2D eigenvalue weighted by Gasteiger charge is 2.31. The molecule has 28 heavy (non-hydrogen) atoms. The highest BCUT2D eigenvalue weighted by molar-refractivity contribution is 5.92. The molecule has 4 heterocycles. The third-order valence-electron chi connectivity index (χ3n) is 5.57. The van der Waals surface area contributed by atoms with Crippen LogP contribution in [0.2, 0.25) is 0 Å². The molecule has 8 heteroatoms. The third-order valence-corrected chi connectivity index (χ3v) is 5.57. The summed E-state index contributed by atoms with van der Waals surface area (Å²) in [5.41, 5.74) is 0.343. The number of benzene rings is 1. The summed E-state index contributed by atoms with van der Waals surface area (Å²) in [4.78, 5) is 21.6. The van der Waals surface area contributed by atoms with Gasteiger partial charge in [0.05, 0.1) is 0 Å². The van der Waals surface area contributed by atoms with Gasteiger partial charge in [-0.05, 0) is 37.9 Å². The smallest absolute Gasteiger partial charge is 0.275 e. The zero-order valence-corrected chi connectivity index (χ0v) is 15.6. The Morgan fingerprint density at radius 3 is 3.04 bits per heavy atom. The Bertz CT molecular complexity index is 867. The van der Waals surface area contributed by atoms with Crippen molar-refractivity contribution >= 4 is 5.91 Å². The summed E-state index contributed by atoms with van der Waals surface area (Å²) in [6, 6.07) is 5.84. The summed E-state index contributed by atoms with van der Waals surface area (Å²) in [6.45, 7) is 4.12. The molecule has 3 aliphatic heterocycles. The van der Waals surface area contributed by atoms with E-state index in [2.05, 4.69) is 9.88 Å². The summed E-state index contributed by atoms with van der Waals surface area (Å²) in [5, 5.41) is 0. The van der Waals surface area contributed by atoms with Crippen LogP contribution in [-0.4, -0.2) is 59.7 Å². The summed E-state index contributed by atoms with van der Waals surface area (Å²) >= 11 is 0. The Labute approximate surface area is 163 Å². The predicted octanol–water partition coefficient (Wildman–Crippen LogP) is 2.29. The Kier molecular flexibility index (Phi) is 4.56. The van der Waals surface area contributed by atoms with Crippen LogP contribution in [0, 0.1) is 0 Å². The summed E-state index contributed by atoms with van der Waals surface area (Å²) in [7, 11) is 0. The SMILES string of the molecule is O=C(c1coc(COc2ccc3c(c2)OCO3)n1)N1CCCN2CCC[C@H]2C1. The van der Waals surface area contributed by atoms with Gasteiger partial charge in [0, 0.05) is 31.7 Å². The highest BCUT2D eigenvalue weighted by atomic mass is 16.7. The first kappa shape index (κ1) is 17.4. The summed E-state index contributed by atoms with van der Waals surface area (Å²) in [6.07, 6.45) is 4.81. The molecule has 1 atom stereocenters. The van der Waals surface area contributed by atoms with Gasteiger partial charge in [-0.3, -0.25) is 9.69 Å². The van der Waals surface area contributed by atoms with E-state index in [9.17, 15) is 4.79 Å². The van der Waals surface area contributed by atoms with Crippen LogP contribution in [0.3, 0.4) is 0 Å². The summed E-state index contributed by atoms with van der Waals surface area (Å²) in [5.74, 6) is 2.30. The first-order chi connectivity index (χ1) is 13.8. The van der Waals surface area contributed by atoms with Crippen molar-refractivity contribution in [1.29, 1.82) is 0 Å². The number of carbonyl (C=O) groups excluding carboxylic acids is 1. The van der Waals surface area contributed by atoms with Gasteiger partial charge < -0.3 is 23.5 Å². The number of carbonyl (C=O) groups is 1. The summed E-state index contributed by atoms with van der Waals surface area (Å²) < 4.78 is 21.8. The van der Waals surface area contributed by atoms with Crippen LogP contribution < -0.4 is 14.2 Å². The minimum atomic E-state index is -0.0631. The van der Waals surface area contributed by atoms with E-state index < -0.39 is 0 Å². The number of hydrogen-bond acceptors (Lipinski definition) is 7. The van der Waals surface area contributed by atoms with Crippen LogP contribution in [0.1, 0.15) is 35.6 Å². The molecule has 3 aliphatic rings. The molecule has 8 nitrogen and oxygen atoms in total. The molecular formula is C20H23N3O5. The van der Waals surface area contributed by atoms with E-state index >= 15 is 0 Å². The van der Waals surface area contributed by atoms with Crippen molar-refractivity contribution in [2.45, 2.75) is 31.9 Å². The minimum Gasteiger partial charge on any atom is -0.484 e. The van der Waals surface area contributed by atoms with Gasteiger partial charge in [-0.2, -0.15) is 0 Å². The highest BCUT2D eigenvalue weighted by Crippen LogP contribution is 2.35. The van der Waals surface area contributed by atoms with Gasteiger partial charge in [0.2, 0.25) is 12.7 Å². The van der Waals surface area contributed by atoms with Crippen molar-refractivity contribution in [1.82, 2.24) is 14.8 Å². The number of oxazole rings is 1. The largest absolute Gasteiger partial charge is 0.484 e. The van der Waals surface area contributed by atoms with Crippen LogP contribution in [0.15, 0.2) is 28.9 Å². The normalized spacial score (nSPS) is 21.4. The molecule has 2 aromatic rings. The van der Waals surface area contributed by atoms with Gasteiger partial charge in [0.1, 0.15) is 12.0 Å². The molecule has 2 fully saturated rings. The lowest BCUT2D eigenvalue weighted by atomic mass is 10.2. The molecule has 148 valence electrons. The Balaban J connectivity index is 1.21. The van der Waals surface area contributed by atoms with Crippen LogP contribution in [-0.2, 0) is 6.61 Å². The maximum absolute atomic E-state index is 12.9. The first-order valence-corrected chi connectivity index (χ1v) is 9.76. The molecule has 0 bridgehead atoms. The van der Waals surface area contributed by atoms with E-state index in [-0.39, 0.29) is 19.3 Å². The molecule has 2 saturated heterocycles. The fraction of sp³-hybridized carbons (Fsp3) is 0.500. The Morgan fingerprint density at radius 1 is 1.18 bits per heavy atom. The lowest BCUT2D eigenvalue weighted by Crippen LogP contribution is -2.39. The molecule has 1 aromatic carbocycles.